The topological polar surface area (TPSA) is 115 Å². The number of aliphatic hydroxyl groups is 1. The van der Waals surface area contributed by atoms with Gasteiger partial charge in [-0.25, -0.2) is 9.78 Å². The predicted octanol–water partition coefficient (Wildman–Crippen LogP) is 0.895. The first-order chi connectivity index (χ1) is 16.5. The third kappa shape index (κ3) is 3.10. The largest absolute Gasteiger partial charge is 0.458 e. The molecule has 0 radical (unpaired) electrons. The molecule has 176 valence electrons. The van der Waals surface area contributed by atoms with Crippen molar-refractivity contribution in [3.63, 3.8) is 0 Å². The molecule has 10 heteroatoms. The van der Waals surface area contributed by atoms with Crippen molar-refractivity contribution in [1.29, 1.82) is 0 Å². The lowest BCUT2D eigenvalue weighted by Gasteiger charge is -2.21. The normalized spacial score (nSPS) is 17.6. The maximum absolute atomic E-state index is 13.3. The quantitative estimate of drug-likeness (QED) is 0.416. The number of rotatable bonds is 5. The van der Waals surface area contributed by atoms with Crippen molar-refractivity contribution in [1.82, 2.24) is 19.8 Å². The number of aromatic nitrogens is 2. The SMILES string of the molecule is CNCCN(C)Cc1c2c(nc3cc4c(cc13)OCO4)-c1cc3c(c(=O)n1C2)COC(=O)C3O. The molecule has 1 unspecified atom stereocenters. The van der Waals surface area contributed by atoms with Crippen molar-refractivity contribution < 1.29 is 24.1 Å². The van der Waals surface area contributed by atoms with Gasteiger partial charge in [0.25, 0.3) is 5.56 Å². The summed E-state index contributed by atoms with van der Waals surface area (Å²) in [5, 5.41) is 14.5. The van der Waals surface area contributed by atoms with E-state index in [0.717, 1.165) is 35.1 Å². The minimum absolute atomic E-state index is 0.142. The second-order valence-corrected chi connectivity index (χ2v) is 8.85. The molecule has 1 atom stereocenters. The Bertz CT molecular complexity index is 1420. The molecule has 1 aromatic carbocycles. The second kappa shape index (κ2) is 7.79. The molecule has 5 heterocycles. The van der Waals surface area contributed by atoms with E-state index >= 15 is 0 Å². The third-order valence-corrected chi connectivity index (χ3v) is 6.74. The van der Waals surface area contributed by atoms with E-state index in [9.17, 15) is 14.7 Å². The highest BCUT2D eigenvalue weighted by Gasteiger charge is 2.35. The van der Waals surface area contributed by atoms with Gasteiger partial charge in [0, 0.05) is 42.2 Å². The Labute approximate surface area is 194 Å². The molecule has 0 spiro atoms. The molecular weight excluding hydrogens is 440 g/mol. The zero-order chi connectivity index (χ0) is 23.6. The van der Waals surface area contributed by atoms with Crippen molar-refractivity contribution in [2.24, 2.45) is 0 Å². The van der Waals surface area contributed by atoms with Gasteiger partial charge in [0.05, 0.1) is 29.0 Å². The van der Waals surface area contributed by atoms with E-state index < -0.39 is 12.1 Å². The number of cyclic esters (lactones) is 1. The molecule has 0 saturated heterocycles. The highest BCUT2D eigenvalue weighted by molar-refractivity contribution is 5.91. The van der Waals surface area contributed by atoms with Gasteiger partial charge in [-0.2, -0.15) is 0 Å². The van der Waals surface area contributed by atoms with Crippen LogP contribution in [-0.2, 0) is 29.2 Å². The van der Waals surface area contributed by atoms with Gasteiger partial charge in [0.2, 0.25) is 6.79 Å². The molecule has 6 rings (SSSR count). The van der Waals surface area contributed by atoms with Crippen molar-refractivity contribution in [2.45, 2.75) is 25.8 Å². The standard InChI is InChI=1S/C24H24N4O6/c1-25-3-4-27(2)8-14-12-6-19-20(34-11-33-19)7-17(12)26-21-15(14)9-28-18(21)5-13-16(23(28)30)10-32-24(31)22(13)29/h5-7,22,25,29H,3-4,8-11H2,1-2H3. The van der Waals surface area contributed by atoms with Gasteiger partial charge in [-0.3, -0.25) is 4.79 Å². The zero-order valence-electron chi connectivity index (χ0n) is 18.9. The summed E-state index contributed by atoms with van der Waals surface area (Å²) >= 11 is 0. The average Bonchev–Trinajstić information content (AvgIpc) is 3.43. The molecule has 0 bridgehead atoms. The van der Waals surface area contributed by atoms with Crippen LogP contribution in [0.5, 0.6) is 11.5 Å². The molecule has 3 aromatic rings. The van der Waals surface area contributed by atoms with Crippen LogP contribution in [0.25, 0.3) is 22.3 Å². The van der Waals surface area contributed by atoms with Gasteiger partial charge in [-0.1, -0.05) is 0 Å². The van der Waals surface area contributed by atoms with Crippen LogP contribution in [0.4, 0.5) is 0 Å². The molecular formula is C24H24N4O6. The Morgan fingerprint density at radius 3 is 2.76 bits per heavy atom. The third-order valence-electron chi connectivity index (χ3n) is 6.74. The summed E-state index contributed by atoms with van der Waals surface area (Å²) in [5.41, 5.74) is 4.33. The van der Waals surface area contributed by atoms with Gasteiger partial charge in [0.1, 0.15) is 6.61 Å². The Balaban J connectivity index is 1.56. The van der Waals surface area contributed by atoms with E-state index in [4.69, 9.17) is 19.2 Å². The summed E-state index contributed by atoms with van der Waals surface area (Å²) in [6.07, 6.45) is -1.48. The summed E-state index contributed by atoms with van der Waals surface area (Å²) in [7, 11) is 3.97. The summed E-state index contributed by atoms with van der Waals surface area (Å²) in [6.45, 7) is 2.71. The lowest BCUT2D eigenvalue weighted by atomic mass is 9.98. The number of nitrogens with one attached hydrogen (secondary N) is 1. The van der Waals surface area contributed by atoms with E-state index in [1.165, 1.54) is 0 Å². The molecule has 34 heavy (non-hydrogen) atoms. The smallest absolute Gasteiger partial charge is 0.340 e. The Morgan fingerprint density at radius 1 is 1.18 bits per heavy atom. The zero-order valence-corrected chi connectivity index (χ0v) is 18.9. The van der Waals surface area contributed by atoms with Crippen LogP contribution in [0.3, 0.4) is 0 Å². The number of pyridine rings is 2. The van der Waals surface area contributed by atoms with E-state index in [1.54, 1.807) is 10.6 Å². The molecule has 3 aliphatic heterocycles. The van der Waals surface area contributed by atoms with E-state index in [2.05, 4.69) is 17.3 Å². The van der Waals surface area contributed by atoms with E-state index in [0.29, 0.717) is 47.1 Å². The Hall–Kier alpha value is -3.47. The van der Waals surface area contributed by atoms with Crippen LogP contribution in [-0.4, -0.2) is 59.5 Å². The number of fused-ring (bicyclic) bond motifs is 6. The number of likely N-dealkylation sites (N-methyl/N-ethyl adjacent to an activating group) is 2. The number of carbonyl (C=O) groups excluding carboxylic acids is 1. The minimum atomic E-state index is -1.48. The van der Waals surface area contributed by atoms with Crippen molar-refractivity contribution >= 4 is 16.9 Å². The van der Waals surface area contributed by atoms with Crippen molar-refractivity contribution in [3.05, 3.63) is 50.8 Å². The fourth-order valence-corrected chi connectivity index (χ4v) is 4.93. The molecule has 2 aromatic heterocycles. The number of hydrogen-bond donors (Lipinski definition) is 2. The highest BCUT2D eigenvalue weighted by atomic mass is 16.7. The molecule has 10 nitrogen and oxygen atoms in total. The molecule has 2 N–H and O–H groups in total. The lowest BCUT2D eigenvalue weighted by molar-refractivity contribution is -0.157. The van der Waals surface area contributed by atoms with Gasteiger partial charge in [-0.05, 0) is 31.8 Å². The number of carbonyl (C=O) groups is 1. The first-order valence-electron chi connectivity index (χ1n) is 11.2. The van der Waals surface area contributed by atoms with Gasteiger partial charge in [0.15, 0.2) is 17.6 Å². The number of esters is 1. The number of benzene rings is 1. The van der Waals surface area contributed by atoms with Crippen LogP contribution in [0.15, 0.2) is 23.0 Å². The first-order valence-corrected chi connectivity index (χ1v) is 11.2. The maximum atomic E-state index is 13.3. The Kier molecular flexibility index (Phi) is 4.83. The van der Waals surface area contributed by atoms with Crippen LogP contribution in [0.1, 0.15) is 28.4 Å². The van der Waals surface area contributed by atoms with Gasteiger partial charge >= 0.3 is 5.97 Å². The molecule has 0 amide bonds. The summed E-state index contributed by atoms with van der Waals surface area (Å²) in [5.74, 6) is 0.560. The maximum Gasteiger partial charge on any atom is 0.340 e. The summed E-state index contributed by atoms with van der Waals surface area (Å²) in [4.78, 5) is 32.4. The predicted molar refractivity (Wildman–Crippen MR) is 122 cm³/mol. The molecule has 0 fully saturated rings. The average molecular weight is 464 g/mol. The monoisotopic (exact) mass is 464 g/mol. The highest BCUT2D eigenvalue weighted by Crippen LogP contribution is 2.42. The second-order valence-electron chi connectivity index (χ2n) is 8.85. The van der Waals surface area contributed by atoms with Crippen LogP contribution >= 0.6 is 0 Å². The van der Waals surface area contributed by atoms with Crippen molar-refractivity contribution in [2.75, 3.05) is 34.0 Å². The van der Waals surface area contributed by atoms with E-state index in [-0.39, 0.29) is 19.0 Å². The number of nitrogens with zero attached hydrogens (tertiary/aromatic N) is 3. The van der Waals surface area contributed by atoms with Gasteiger partial charge < -0.3 is 34.1 Å². The molecule has 0 aliphatic carbocycles. The van der Waals surface area contributed by atoms with Crippen LogP contribution < -0.4 is 20.3 Å². The number of aliphatic hydroxyl groups excluding tert-OH is 1. The lowest BCUT2D eigenvalue weighted by Crippen LogP contribution is -2.32. The first kappa shape index (κ1) is 21.1. The van der Waals surface area contributed by atoms with Gasteiger partial charge in [-0.15, -0.1) is 0 Å². The number of ether oxygens (including phenoxy) is 3. The summed E-state index contributed by atoms with van der Waals surface area (Å²) in [6, 6.07) is 5.52. The van der Waals surface area contributed by atoms with Crippen LogP contribution in [0, 0.1) is 0 Å². The fourth-order valence-electron chi connectivity index (χ4n) is 4.93. The van der Waals surface area contributed by atoms with E-state index in [1.807, 2.05) is 19.2 Å². The van der Waals surface area contributed by atoms with Crippen molar-refractivity contribution in [3.8, 4) is 22.9 Å². The molecule has 0 saturated carbocycles. The summed E-state index contributed by atoms with van der Waals surface area (Å²) < 4.78 is 17.8. The molecule has 3 aliphatic rings. The number of hydrogen-bond acceptors (Lipinski definition) is 9. The minimum Gasteiger partial charge on any atom is -0.458 e. The van der Waals surface area contributed by atoms with Crippen LogP contribution in [0.2, 0.25) is 0 Å². The Morgan fingerprint density at radius 2 is 1.97 bits per heavy atom. The fraction of sp³-hybridized carbons (Fsp3) is 0.375.